The fraction of sp³-hybridized carbons (Fsp3) is 0.435. The van der Waals surface area contributed by atoms with Gasteiger partial charge in [0.2, 0.25) is 5.91 Å². The fourth-order valence-electron chi connectivity index (χ4n) is 4.39. The molecular formula is C23H29NO3. The number of phenols is 1. The average molecular weight is 367 g/mol. The number of methoxy groups -OCH3 is 1. The number of hydrogen-bond donors (Lipinski definition) is 2. The van der Waals surface area contributed by atoms with Crippen molar-refractivity contribution in [2.24, 2.45) is 11.8 Å². The van der Waals surface area contributed by atoms with Crippen LogP contribution in [0.1, 0.15) is 50.2 Å². The summed E-state index contributed by atoms with van der Waals surface area (Å²) in [5, 5.41) is 12.7. The van der Waals surface area contributed by atoms with Gasteiger partial charge >= 0.3 is 0 Å². The molecule has 0 radical (unpaired) electrons. The summed E-state index contributed by atoms with van der Waals surface area (Å²) in [5.41, 5.74) is 2.96. The number of carbonyl (C=O) groups excluding carboxylic acids is 1. The first kappa shape index (κ1) is 19.3. The number of nitrogens with one attached hydrogen (secondary N) is 1. The Bertz CT molecular complexity index is 792. The van der Waals surface area contributed by atoms with Crippen LogP contribution in [-0.2, 0) is 11.2 Å². The summed E-state index contributed by atoms with van der Waals surface area (Å²) in [5.74, 6) is 2.27. The van der Waals surface area contributed by atoms with Gasteiger partial charge in [-0.15, -0.1) is 0 Å². The molecule has 4 heteroatoms. The highest BCUT2D eigenvalue weighted by molar-refractivity contribution is 5.92. The van der Waals surface area contributed by atoms with E-state index in [9.17, 15) is 9.90 Å². The summed E-state index contributed by atoms with van der Waals surface area (Å²) in [6.45, 7) is 4.67. The van der Waals surface area contributed by atoms with E-state index in [1.807, 2.05) is 12.1 Å². The molecule has 2 atom stereocenters. The third kappa shape index (κ3) is 4.62. The number of rotatable bonds is 5. The lowest BCUT2D eigenvalue weighted by Gasteiger charge is -2.35. The van der Waals surface area contributed by atoms with Crippen molar-refractivity contribution in [1.29, 1.82) is 0 Å². The zero-order chi connectivity index (χ0) is 19.4. The highest BCUT2D eigenvalue weighted by Crippen LogP contribution is 2.42. The van der Waals surface area contributed by atoms with Crippen molar-refractivity contribution in [3.63, 3.8) is 0 Å². The van der Waals surface area contributed by atoms with Gasteiger partial charge in [-0.05, 0) is 53.1 Å². The standard InChI is InChI=1S/C23H29NO3/c1-15-6-4-7-16(2)23(15)18-8-5-9-19(14-18)24-22(26)13-17-10-11-20(25)21(12-17)27-3/h5,8-12,14-16,23,25H,4,6-7,13H2,1-3H3,(H,24,26). The molecule has 144 valence electrons. The van der Waals surface area contributed by atoms with Crippen molar-refractivity contribution in [3.05, 3.63) is 53.6 Å². The third-order valence-electron chi connectivity index (χ3n) is 5.71. The minimum Gasteiger partial charge on any atom is -0.504 e. The molecule has 27 heavy (non-hydrogen) atoms. The maximum absolute atomic E-state index is 12.5. The first-order valence-electron chi connectivity index (χ1n) is 9.73. The second-order valence-corrected chi connectivity index (χ2v) is 7.77. The molecule has 2 N–H and O–H groups in total. The molecule has 2 aromatic carbocycles. The van der Waals surface area contributed by atoms with E-state index in [2.05, 4.69) is 31.3 Å². The fourth-order valence-corrected chi connectivity index (χ4v) is 4.39. The Balaban J connectivity index is 1.69. The van der Waals surface area contributed by atoms with Gasteiger partial charge in [-0.2, -0.15) is 0 Å². The summed E-state index contributed by atoms with van der Waals surface area (Å²) in [4.78, 5) is 12.5. The van der Waals surface area contributed by atoms with E-state index >= 15 is 0 Å². The van der Waals surface area contributed by atoms with Crippen LogP contribution in [0.5, 0.6) is 11.5 Å². The van der Waals surface area contributed by atoms with Gasteiger partial charge in [-0.3, -0.25) is 4.79 Å². The van der Waals surface area contributed by atoms with E-state index in [1.54, 1.807) is 18.2 Å². The lowest BCUT2D eigenvalue weighted by molar-refractivity contribution is -0.115. The van der Waals surface area contributed by atoms with E-state index in [-0.39, 0.29) is 18.1 Å². The number of phenolic OH excluding ortho intramolecular Hbond substituents is 1. The number of hydrogen-bond acceptors (Lipinski definition) is 3. The van der Waals surface area contributed by atoms with E-state index < -0.39 is 0 Å². The molecule has 2 unspecified atom stereocenters. The van der Waals surface area contributed by atoms with Crippen LogP contribution >= 0.6 is 0 Å². The van der Waals surface area contributed by atoms with Crippen molar-refractivity contribution < 1.29 is 14.6 Å². The number of ether oxygens (including phenoxy) is 1. The average Bonchev–Trinajstić information content (AvgIpc) is 2.63. The van der Waals surface area contributed by atoms with Crippen molar-refractivity contribution >= 4 is 11.6 Å². The Morgan fingerprint density at radius 1 is 1.15 bits per heavy atom. The number of carbonyl (C=O) groups is 1. The molecule has 1 saturated carbocycles. The van der Waals surface area contributed by atoms with Crippen molar-refractivity contribution in [1.82, 2.24) is 0 Å². The maximum atomic E-state index is 12.5. The van der Waals surface area contributed by atoms with E-state index in [0.717, 1.165) is 11.3 Å². The first-order valence-corrected chi connectivity index (χ1v) is 9.73. The minimum absolute atomic E-state index is 0.0741. The second-order valence-electron chi connectivity index (χ2n) is 7.77. The molecule has 1 aliphatic carbocycles. The Labute approximate surface area is 161 Å². The molecule has 2 aromatic rings. The molecule has 0 aliphatic heterocycles. The van der Waals surface area contributed by atoms with Gasteiger partial charge in [-0.25, -0.2) is 0 Å². The van der Waals surface area contributed by atoms with Crippen LogP contribution in [0.15, 0.2) is 42.5 Å². The number of amides is 1. The molecule has 0 spiro atoms. The SMILES string of the molecule is COc1cc(CC(=O)Nc2cccc(C3C(C)CCCC3C)c2)ccc1O. The Morgan fingerprint density at radius 3 is 2.59 bits per heavy atom. The lowest BCUT2D eigenvalue weighted by atomic mass is 9.70. The minimum atomic E-state index is -0.0790. The van der Waals surface area contributed by atoms with Gasteiger partial charge in [0.1, 0.15) is 0 Å². The van der Waals surface area contributed by atoms with Gasteiger partial charge in [0.15, 0.2) is 11.5 Å². The predicted molar refractivity (Wildman–Crippen MR) is 108 cm³/mol. The van der Waals surface area contributed by atoms with Crippen LogP contribution in [0.4, 0.5) is 5.69 Å². The van der Waals surface area contributed by atoms with E-state index in [4.69, 9.17) is 4.74 Å². The van der Waals surface area contributed by atoms with Gasteiger partial charge < -0.3 is 15.2 Å². The molecular weight excluding hydrogens is 338 g/mol. The molecule has 1 aliphatic rings. The van der Waals surface area contributed by atoms with Gasteiger partial charge in [0.25, 0.3) is 0 Å². The molecule has 4 nitrogen and oxygen atoms in total. The van der Waals surface area contributed by atoms with Crippen LogP contribution < -0.4 is 10.1 Å². The van der Waals surface area contributed by atoms with Crippen molar-refractivity contribution in [2.45, 2.75) is 45.4 Å². The zero-order valence-electron chi connectivity index (χ0n) is 16.4. The lowest BCUT2D eigenvalue weighted by Crippen LogP contribution is -2.23. The molecule has 0 aromatic heterocycles. The predicted octanol–water partition coefficient (Wildman–Crippen LogP) is 5.12. The quantitative estimate of drug-likeness (QED) is 0.771. The Kier molecular flexibility index (Phi) is 6.04. The van der Waals surface area contributed by atoms with Crippen LogP contribution in [0, 0.1) is 11.8 Å². The largest absolute Gasteiger partial charge is 0.504 e. The zero-order valence-corrected chi connectivity index (χ0v) is 16.4. The van der Waals surface area contributed by atoms with Gasteiger partial charge in [0.05, 0.1) is 13.5 Å². The molecule has 1 fully saturated rings. The third-order valence-corrected chi connectivity index (χ3v) is 5.71. The summed E-state index contributed by atoms with van der Waals surface area (Å²) in [6, 6.07) is 13.3. The molecule has 0 saturated heterocycles. The van der Waals surface area contributed by atoms with Crippen LogP contribution in [0.2, 0.25) is 0 Å². The van der Waals surface area contributed by atoms with E-state index in [0.29, 0.717) is 23.5 Å². The smallest absolute Gasteiger partial charge is 0.228 e. The van der Waals surface area contributed by atoms with Crippen molar-refractivity contribution in [2.75, 3.05) is 12.4 Å². The molecule has 3 rings (SSSR count). The second kappa shape index (κ2) is 8.47. The molecule has 1 amide bonds. The Hall–Kier alpha value is -2.49. The van der Waals surface area contributed by atoms with Gasteiger partial charge in [0, 0.05) is 5.69 Å². The highest BCUT2D eigenvalue weighted by Gasteiger charge is 2.29. The summed E-state index contributed by atoms with van der Waals surface area (Å²) >= 11 is 0. The molecule has 0 heterocycles. The number of anilines is 1. The van der Waals surface area contributed by atoms with Crippen LogP contribution in [0.25, 0.3) is 0 Å². The van der Waals surface area contributed by atoms with E-state index in [1.165, 1.54) is 31.9 Å². The topological polar surface area (TPSA) is 58.6 Å². The summed E-state index contributed by atoms with van der Waals surface area (Å²) in [7, 11) is 1.50. The highest BCUT2D eigenvalue weighted by atomic mass is 16.5. The van der Waals surface area contributed by atoms with Crippen LogP contribution in [-0.4, -0.2) is 18.1 Å². The normalized spacial score (nSPS) is 22.3. The summed E-state index contributed by atoms with van der Waals surface area (Å²) < 4.78 is 5.11. The first-order chi connectivity index (χ1) is 13.0. The Morgan fingerprint density at radius 2 is 1.89 bits per heavy atom. The number of benzene rings is 2. The van der Waals surface area contributed by atoms with Crippen LogP contribution in [0.3, 0.4) is 0 Å². The van der Waals surface area contributed by atoms with Gasteiger partial charge in [-0.1, -0.05) is 51.3 Å². The molecule has 0 bridgehead atoms. The summed E-state index contributed by atoms with van der Waals surface area (Å²) in [6.07, 6.45) is 4.09. The van der Waals surface area contributed by atoms with Crippen molar-refractivity contribution in [3.8, 4) is 11.5 Å². The maximum Gasteiger partial charge on any atom is 0.228 e. The monoisotopic (exact) mass is 367 g/mol. The number of aromatic hydroxyl groups is 1.